The Kier molecular flexibility index (Phi) is 18.7. The molecular weight excluding hydrogens is 827 g/mol. The third kappa shape index (κ3) is 14.5. The van der Waals surface area contributed by atoms with Crippen molar-refractivity contribution in [3.63, 3.8) is 0 Å². The lowest BCUT2D eigenvalue weighted by Gasteiger charge is -2.34. The standard InChI is InChI=1S/C44H69N11O9/c1-6-7-17-29(35(45)56)50-37(58)33-20-13-24-54(33)41(62)34-21-14-25-55(34)40(61)31(26-28-15-9-8-10-16-28)51-38(59)32-19-12-23-53(32)39(60)27(2)49-36(57)30(18-11-22-48-42(46)47)52-43(63)64-44(3,4)5/h8-10,15-16,27,29-34H,6-7,11-14,17-26H2,1-5H3,(H2,45,56)(H,49,57)(H,50,58)(H,51,59)(H,52,63)(H4,46,47,48)/t27-,29-,30-,31-,32+,33-,34+/m0/s1. The van der Waals surface area contributed by atoms with E-state index in [9.17, 15) is 38.4 Å². The number of unbranched alkanes of at least 4 members (excludes halogenated alkanes) is 1. The summed E-state index contributed by atoms with van der Waals surface area (Å²) in [6, 6.07) is 2.29. The summed E-state index contributed by atoms with van der Waals surface area (Å²) >= 11 is 0. The summed E-state index contributed by atoms with van der Waals surface area (Å²) in [5.74, 6) is -3.82. The number of nitrogens with one attached hydrogen (secondary N) is 4. The Balaban J connectivity index is 1.47. The van der Waals surface area contributed by atoms with Gasteiger partial charge in [0, 0.05) is 32.6 Å². The normalized spacial score (nSPS) is 20.3. The van der Waals surface area contributed by atoms with E-state index in [1.807, 2.05) is 37.3 Å². The number of carbonyl (C=O) groups is 8. The van der Waals surface area contributed by atoms with Gasteiger partial charge in [-0.2, -0.15) is 0 Å². The summed E-state index contributed by atoms with van der Waals surface area (Å²) in [5.41, 5.74) is 16.4. The van der Waals surface area contributed by atoms with Gasteiger partial charge < -0.3 is 57.9 Å². The van der Waals surface area contributed by atoms with Crippen LogP contribution in [0, 0.1) is 0 Å². The second-order valence-corrected chi connectivity index (χ2v) is 17.8. The molecule has 10 N–H and O–H groups in total. The molecule has 8 amide bonds. The van der Waals surface area contributed by atoms with E-state index in [0.29, 0.717) is 64.3 Å². The monoisotopic (exact) mass is 896 g/mol. The lowest BCUT2D eigenvalue weighted by molar-refractivity contribution is -0.148. The van der Waals surface area contributed by atoms with Crippen LogP contribution in [0.5, 0.6) is 0 Å². The van der Waals surface area contributed by atoms with Crippen LogP contribution in [0.25, 0.3) is 0 Å². The van der Waals surface area contributed by atoms with Crippen LogP contribution in [-0.2, 0) is 44.7 Å². The topological polar surface area (TPSA) is 294 Å². The first-order valence-electron chi connectivity index (χ1n) is 22.5. The Hall–Kier alpha value is -5.95. The van der Waals surface area contributed by atoms with Gasteiger partial charge >= 0.3 is 6.09 Å². The van der Waals surface area contributed by atoms with Gasteiger partial charge in [-0.05, 0) is 91.0 Å². The number of amides is 8. The molecule has 3 heterocycles. The zero-order chi connectivity index (χ0) is 47.1. The Morgan fingerprint density at radius 2 is 1.27 bits per heavy atom. The van der Waals surface area contributed by atoms with E-state index < -0.39 is 89.4 Å². The number of benzene rings is 1. The smallest absolute Gasteiger partial charge is 0.408 e. The molecule has 3 saturated heterocycles. The van der Waals surface area contributed by atoms with Crippen molar-refractivity contribution in [3.8, 4) is 0 Å². The summed E-state index contributed by atoms with van der Waals surface area (Å²) in [6.07, 6.45) is 4.26. The summed E-state index contributed by atoms with van der Waals surface area (Å²) in [7, 11) is 0. The Bertz CT molecular complexity index is 1850. The van der Waals surface area contributed by atoms with Crippen molar-refractivity contribution in [2.75, 3.05) is 26.2 Å². The van der Waals surface area contributed by atoms with Gasteiger partial charge in [-0.15, -0.1) is 0 Å². The third-order valence-electron chi connectivity index (χ3n) is 11.6. The van der Waals surface area contributed by atoms with Crippen LogP contribution in [0.4, 0.5) is 4.79 Å². The molecular formula is C44H69N11O9. The average molecular weight is 896 g/mol. The van der Waals surface area contributed by atoms with Gasteiger partial charge in [0.15, 0.2) is 5.96 Å². The maximum Gasteiger partial charge on any atom is 0.408 e. The van der Waals surface area contributed by atoms with Crippen molar-refractivity contribution in [2.24, 2.45) is 22.2 Å². The molecule has 1 aromatic rings. The molecule has 0 radical (unpaired) electrons. The summed E-state index contributed by atoms with van der Waals surface area (Å²) < 4.78 is 5.35. The van der Waals surface area contributed by atoms with Crippen molar-refractivity contribution in [3.05, 3.63) is 35.9 Å². The Morgan fingerprint density at radius 3 is 1.84 bits per heavy atom. The fourth-order valence-electron chi connectivity index (χ4n) is 8.41. The predicted octanol–water partition coefficient (Wildman–Crippen LogP) is 0.299. The van der Waals surface area contributed by atoms with Crippen molar-refractivity contribution in [1.29, 1.82) is 0 Å². The molecule has 20 nitrogen and oxygen atoms in total. The van der Waals surface area contributed by atoms with Gasteiger partial charge in [0.25, 0.3) is 0 Å². The highest BCUT2D eigenvalue weighted by Crippen LogP contribution is 2.27. The SMILES string of the molecule is CCCC[C@H](NC(=O)[C@@H]1CCCN1C(=O)[C@H]1CCCN1C(=O)[C@H](Cc1ccccc1)NC(=O)[C@H]1CCCN1C(=O)[C@H](C)NC(=O)[C@H](CCCN=C(N)N)NC(=O)OC(C)(C)C)C(N)=O. The number of rotatable bonds is 20. The number of aliphatic imine (C=N–C) groups is 1. The fourth-order valence-corrected chi connectivity index (χ4v) is 8.41. The van der Waals surface area contributed by atoms with Gasteiger partial charge in [0.2, 0.25) is 41.4 Å². The number of nitrogens with two attached hydrogens (primary N) is 3. The molecule has 64 heavy (non-hydrogen) atoms. The summed E-state index contributed by atoms with van der Waals surface area (Å²) in [5, 5.41) is 10.9. The molecule has 0 aliphatic carbocycles. The average Bonchev–Trinajstić information content (AvgIpc) is 4.04. The van der Waals surface area contributed by atoms with E-state index in [-0.39, 0.29) is 44.3 Å². The molecule has 354 valence electrons. The molecule has 0 unspecified atom stereocenters. The fraction of sp³-hybridized carbons (Fsp3) is 0.659. The van der Waals surface area contributed by atoms with Crippen LogP contribution in [0.2, 0.25) is 0 Å². The number of hydrogen-bond acceptors (Lipinski definition) is 10. The highest BCUT2D eigenvalue weighted by Gasteiger charge is 2.45. The van der Waals surface area contributed by atoms with Crippen LogP contribution in [0.3, 0.4) is 0 Å². The zero-order valence-corrected chi connectivity index (χ0v) is 37.9. The van der Waals surface area contributed by atoms with E-state index in [1.54, 1.807) is 20.8 Å². The van der Waals surface area contributed by atoms with Crippen LogP contribution < -0.4 is 38.5 Å². The van der Waals surface area contributed by atoms with Gasteiger partial charge in [0.05, 0.1) is 0 Å². The number of guanidine groups is 1. The molecule has 4 rings (SSSR count). The van der Waals surface area contributed by atoms with Crippen LogP contribution in [0.1, 0.15) is 111 Å². The number of alkyl carbamates (subject to hydrolysis) is 1. The summed E-state index contributed by atoms with van der Waals surface area (Å²) in [4.78, 5) is 117. The molecule has 3 fully saturated rings. The van der Waals surface area contributed by atoms with Crippen molar-refractivity contribution >= 4 is 53.4 Å². The van der Waals surface area contributed by atoms with E-state index >= 15 is 0 Å². The summed E-state index contributed by atoms with van der Waals surface area (Å²) in [6.45, 7) is 9.47. The van der Waals surface area contributed by atoms with Gasteiger partial charge in [0.1, 0.15) is 47.9 Å². The number of primary amides is 1. The first-order chi connectivity index (χ1) is 30.3. The number of carbonyl (C=O) groups excluding carboxylic acids is 8. The molecule has 20 heteroatoms. The predicted molar refractivity (Wildman–Crippen MR) is 238 cm³/mol. The highest BCUT2D eigenvalue weighted by molar-refractivity contribution is 5.98. The van der Waals surface area contributed by atoms with E-state index in [4.69, 9.17) is 21.9 Å². The van der Waals surface area contributed by atoms with Crippen LogP contribution >= 0.6 is 0 Å². The van der Waals surface area contributed by atoms with Crippen LogP contribution in [-0.4, -0.2) is 142 Å². The lowest BCUT2D eigenvalue weighted by atomic mass is 10.0. The maximum absolute atomic E-state index is 14.6. The number of likely N-dealkylation sites (tertiary alicyclic amines) is 3. The zero-order valence-electron chi connectivity index (χ0n) is 37.9. The Morgan fingerprint density at radius 1 is 0.719 bits per heavy atom. The van der Waals surface area contributed by atoms with Crippen molar-refractivity contribution in [2.45, 2.75) is 160 Å². The molecule has 3 aliphatic heterocycles. The van der Waals surface area contributed by atoms with Gasteiger partial charge in [-0.1, -0.05) is 50.1 Å². The maximum atomic E-state index is 14.6. The lowest BCUT2D eigenvalue weighted by Crippen LogP contribution is -2.59. The minimum Gasteiger partial charge on any atom is -0.444 e. The first kappa shape index (κ1) is 50.7. The third-order valence-corrected chi connectivity index (χ3v) is 11.6. The molecule has 0 saturated carbocycles. The van der Waals surface area contributed by atoms with Crippen LogP contribution in [0.15, 0.2) is 35.3 Å². The second kappa shape index (κ2) is 23.7. The molecule has 7 atom stereocenters. The molecule has 0 bridgehead atoms. The largest absolute Gasteiger partial charge is 0.444 e. The second-order valence-electron chi connectivity index (χ2n) is 17.8. The molecule has 3 aliphatic rings. The minimum absolute atomic E-state index is 0.103. The van der Waals surface area contributed by atoms with Crippen molar-refractivity contribution in [1.82, 2.24) is 36.0 Å². The molecule has 1 aromatic carbocycles. The van der Waals surface area contributed by atoms with E-state index in [1.165, 1.54) is 21.6 Å². The quantitative estimate of drug-likeness (QED) is 0.0531. The first-order valence-corrected chi connectivity index (χ1v) is 22.5. The Labute approximate surface area is 375 Å². The molecule has 0 spiro atoms. The minimum atomic E-state index is -1.11. The van der Waals surface area contributed by atoms with E-state index in [0.717, 1.165) is 12.0 Å². The highest BCUT2D eigenvalue weighted by atomic mass is 16.6. The van der Waals surface area contributed by atoms with Gasteiger partial charge in [-0.3, -0.25) is 38.6 Å². The number of ether oxygens (including phenoxy) is 1. The van der Waals surface area contributed by atoms with Crippen molar-refractivity contribution < 1.29 is 43.1 Å². The van der Waals surface area contributed by atoms with E-state index in [2.05, 4.69) is 26.3 Å². The van der Waals surface area contributed by atoms with Gasteiger partial charge in [-0.25, -0.2) is 4.79 Å². The molecule has 0 aromatic heterocycles. The number of nitrogens with zero attached hydrogens (tertiary/aromatic N) is 4. The number of hydrogen-bond donors (Lipinski definition) is 7.